The highest BCUT2D eigenvalue weighted by Gasteiger charge is 2.08. The number of hydrogen-bond acceptors (Lipinski definition) is 3. The summed E-state index contributed by atoms with van der Waals surface area (Å²) < 4.78 is 0. The van der Waals surface area contributed by atoms with E-state index in [1.54, 1.807) is 0 Å². The Labute approximate surface area is 63.7 Å². The fraction of sp³-hybridized carbons (Fsp3) is 0.500. The van der Waals surface area contributed by atoms with E-state index in [4.69, 9.17) is 5.73 Å². The molecular weight excluding hydrogens is 148 g/mol. The van der Waals surface area contributed by atoms with Crippen LogP contribution in [0.5, 0.6) is 0 Å². The molecule has 0 rings (SSSR count). The van der Waals surface area contributed by atoms with Crippen molar-refractivity contribution in [3.63, 3.8) is 0 Å². The second-order valence-electron chi connectivity index (χ2n) is 2.11. The minimum Gasteiger partial charge on any atom is -0.370 e. The summed E-state index contributed by atoms with van der Waals surface area (Å²) >= 11 is 0. The Balaban J connectivity index is 3.47. The van der Waals surface area contributed by atoms with E-state index in [1.165, 1.54) is 0 Å². The Morgan fingerprint density at radius 1 is 1.00 bits per heavy atom. The molecule has 0 aliphatic carbocycles. The fourth-order valence-corrected chi connectivity index (χ4v) is 0.546. The Hall–Kier alpha value is -1.39. The molecule has 62 valence electrons. The zero-order valence-corrected chi connectivity index (χ0v) is 6.00. The molecule has 0 unspecified atom stereocenters. The minimum absolute atomic E-state index is 0.00171. The molecule has 2 amide bonds. The first kappa shape index (κ1) is 9.61. The number of carbonyl (C=O) groups excluding carboxylic acids is 3. The van der Waals surface area contributed by atoms with Crippen molar-refractivity contribution in [1.82, 2.24) is 0 Å². The molecule has 5 nitrogen and oxygen atoms in total. The van der Waals surface area contributed by atoms with Crippen molar-refractivity contribution in [2.24, 2.45) is 11.5 Å². The van der Waals surface area contributed by atoms with Gasteiger partial charge in [-0.1, -0.05) is 0 Å². The maximum absolute atomic E-state index is 10.5. The first-order valence-corrected chi connectivity index (χ1v) is 3.15. The largest absolute Gasteiger partial charge is 0.370 e. The maximum atomic E-state index is 10.5. The van der Waals surface area contributed by atoms with Crippen LogP contribution in [0.1, 0.15) is 19.3 Å². The van der Waals surface area contributed by atoms with E-state index in [0.717, 1.165) is 0 Å². The van der Waals surface area contributed by atoms with Crippen molar-refractivity contribution in [1.29, 1.82) is 0 Å². The third-order valence-electron chi connectivity index (χ3n) is 1.10. The van der Waals surface area contributed by atoms with E-state index in [1.807, 2.05) is 0 Å². The Kier molecular flexibility index (Phi) is 3.87. The predicted molar refractivity (Wildman–Crippen MR) is 37.2 cm³/mol. The van der Waals surface area contributed by atoms with E-state index in [2.05, 4.69) is 5.73 Å². The molecule has 0 saturated carbocycles. The second-order valence-corrected chi connectivity index (χ2v) is 2.11. The van der Waals surface area contributed by atoms with Gasteiger partial charge in [0.1, 0.15) is 0 Å². The van der Waals surface area contributed by atoms with Crippen molar-refractivity contribution in [3.8, 4) is 0 Å². The van der Waals surface area contributed by atoms with Crippen LogP contribution in [0.15, 0.2) is 0 Å². The summed E-state index contributed by atoms with van der Waals surface area (Å²) in [6.07, 6.45) is 0.397. The molecule has 0 aromatic rings. The van der Waals surface area contributed by atoms with Crippen LogP contribution in [-0.2, 0) is 14.4 Å². The molecule has 4 N–H and O–H groups in total. The Morgan fingerprint density at radius 2 is 1.55 bits per heavy atom. The molecular formula is C6H10N2O3. The molecule has 0 atom stereocenters. The number of rotatable bonds is 5. The van der Waals surface area contributed by atoms with Gasteiger partial charge in [-0.25, -0.2) is 0 Å². The van der Waals surface area contributed by atoms with Crippen molar-refractivity contribution in [2.45, 2.75) is 19.3 Å². The van der Waals surface area contributed by atoms with Gasteiger partial charge in [-0.3, -0.25) is 14.4 Å². The van der Waals surface area contributed by atoms with E-state index in [9.17, 15) is 14.4 Å². The van der Waals surface area contributed by atoms with E-state index >= 15 is 0 Å². The standard InChI is InChI=1S/C6H10N2O3/c7-5(10)3-1-2-4(9)6(8)11/h1-3H2,(H2,7,10)(H2,8,11). The number of Topliss-reactive ketones (excluding diaryl/α,β-unsaturated/α-hetero) is 1. The highest BCUT2D eigenvalue weighted by Crippen LogP contribution is 1.94. The van der Waals surface area contributed by atoms with Gasteiger partial charge < -0.3 is 11.5 Å². The quantitative estimate of drug-likeness (QED) is 0.486. The maximum Gasteiger partial charge on any atom is 0.284 e. The van der Waals surface area contributed by atoms with E-state index in [0.29, 0.717) is 0 Å². The molecule has 0 aliphatic heterocycles. The van der Waals surface area contributed by atoms with Crippen molar-refractivity contribution in [2.75, 3.05) is 0 Å². The Morgan fingerprint density at radius 3 is 1.91 bits per heavy atom. The average Bonchev–Trinajstić information content (AvgIpc) is 1.86. The van der Waals surface area contributed by atoms with Crippen molar-refractivity contribution < 1.29 is 14.4 Å². The van der Waals surface area contributed by atoms with Crippen molar-refractivity contribution >= 4 is 17.6 Å². The number of ketones is 1. The van der Waals surface area contributed by atoms with Crippen LogP contribution in [0.25, 0.3) is 0 Å². The summed E-state index contributed by atoms with van der Waals surface area (Å²) in [6, 6.07) is 0. The number of nitrogens with two attached hydrogens (primary N) is 2. The molecule has 0 radical (unpaired) electrons. The molecule has 0 bridgehead atoms. The van der Waals surface area contributed by atoms with Crippen LogP contribution in [0, 0.1) is 0 Å². The van der Waals surface area contributed by atoms with Crippen molar-refractivity contribution in [3.05, 3.63) is 0 Å². The fourth-order valence-electron chi connectivity index (χ4n) is 0.546. The minimum atomic E-state index is -0.963. The van der Waals surface area contributed by atoms with Gasteiger partial charge in [0.15, 0.2) is 0 Å². The van der Waals surface area contributed by atoms with Crippen LogP contribution < -0.4 is 11.5 Å². The predicted octanol–water partition coefficient (Wildman–Crippen LogP) is -1.30. The first-order valence-electron chi connectivity index (χ1n) is 3.15. The zero-order valence-electron chi connectivity index (χ0n) is 6.00. The van der Waals surface area contributed by atoms with Crippen LogP contribution in [0.4, 0.5) is 0 Å². The summed E-state index contributed by atoms with van der Waals surface area (Å²) in [5.41, 5.74) is 9.44. The van der Waals surface area contributed by atoms with Crippen LogP contribution in [0.3, 0.4) is 0 Å². The number of hydrogen-bond donors (Lipinski definition) is 2. The van der Waals surface area contributed by atoms with Crippen LogP contribution in [0.2, 0.25) is 0 Å². The number of primary amides is 2. The monoisotopic (exact) mass is 158 g/mol. The normalized spacial score (nSPS) is 9.09. The summed E-state index contributed by atoms with van der Waals surface area (Å²) in [5, 5.41) is 0. The van der Waals surface area contributed by atoms with Gasteiger partial charge in [-0.15, -0.1) is 0 Å². The topological polar surface area (TPSA) is 103 Å². The third kappa shape index (κ3) is 5.07. The summed E-state index contributed by atoms with van der Waals surface area (Å²) in [4.78, 5) is 30.8. The average molecular weight is 158 g/mol. The summed E-state index contributed by atoms with van der Waals surface area (Å²) in [6.45, 7) is 0. The number of amides is 2. The second kappa shape index (κ2) is 4.43. The van der Waals surface area contributed by atoms with Gasteiger partial charge in [0.2, 0.25) is 11.7 Å². The van der Waals surface area contributed by atoms with Gasteiger partial charge in [0.05, 0.1) is 0 Å². The SMILES string of the molecule is NC(=O)CCCC(=O)C(N)=O. The van der Waals surface area contributed by atoms with Gasteiger partial charge in [-0.2, -0.15) is 0 Å². The molecule has 0 aromatic carbocycles. The van der Waals surface area contributed by atoms with Crippen LogP contribution in [-0.4, -0.2) is 17.6 Å². The third-order valence-corrected chi connectivity index (χ3v) is 1.10. The zero-order chi connectivity index (χ0) is 8.85. The Bertz CT molecular complexity index is 188. The molecule has 0 spiro atoms. The van der Waals surface area contributed by atoms with Gasteiger partial charge in [-0.05, 0) is 6.42 Å². The first-order chi connectivity index (χ1) is 5.04. The molecule has 0 aliphatic rings. The molecule has 5 heteroatoms. The smallest absolute Gasteiger partial charge is 0.284 e. The highest BCUT2D eigenvalue weighted by molar-refractivity contribution is 6.35. The number of carbonyl (C=O) groups is 3. The highest BCUT2D eigenvalue weighted by atomic mass is 16.2. The molecule has 0 aromatic heterocycles. The van der Waals surface area contributed by atoms with E-state index < -0.39 is 17.6 Å². The molecule has 0 heterocycles. The molecule has 0 fully saturated rings. The van der Waals surface area contributed by atoms with Gasteiger partial charge in [0.25, 0.3) is 5.91 Å². The summed E-state index contributed by atoms with van der Waals surface area (Å²) in [7, 11) is 0. The summed E-state index contributed by atoms with van der Waals surface area (Å²) in [5.74, 6) is -2.11. The molecule has 11 heavy (non-hydrogen) atoms. The van der Waals surface area contributed by atoms with Crippen LogP contribution >= 0.6 is 0 Å². The van der Waals surface area contributed by atoms with E-state index in [-0.39, 0.29) is 19.3 Å². The lowest BCUT2D eigenvalue weighted by atomic mass is 10.1. The lowest BCUT2D eigenvalue weighted by Gasteiger charge is -1.93. The van der Waals surface area contributed by atoms with Gasteiger partial charge in [0, 0.05) is 12.8 Å². The lowest BCUT2D eigenvalue weighted by Crippen LogP contribution is -2.23. The lowest BCUT2D eigenvalue weighted by molar-refractivity contribution is -0.136. The van der Waals surface area contributed by atoms with Gasteiger partial charge >= 0.3 is 0 Å². The molecule has 0 saturated heterocycles.